The van der Waals surface area contributed by atoms with E-state index in [-0.39, 0.29) is 6.61 Å². The molecule has 1 N–H and O–H groups in total. The summed E-state index contributed by atoms with van der Waals surface area (Å²) in [5, 5.41) is 8.31. The van der Waals surface area contributed by atoms with Gasteiger partial charge in [0.05, 0.1) is 17.4 Å². The number of nitriles is 1. The van der Waals surface area contributed by atoms with Crippen LogP contribution in [0.5, 0.6) is 5.75 Å². The van der Waals surface area contributed by atoms with Crippen LogP contribution in [0.15, 0.2) is 24.5 Å². The summed E-state index contributed by atoms with van der Waals surface area (Å²) in [4.78, 5) is 7.03. The second-order valence-electron chi connectivity index (χ2n) is 2.53. The lowest BCUT2D eigenvalue weighted by molar-refractivity contribution is 0.368. The van der Waals surface area contributed by atoms with Gasteiger partial charge in [0.1, 0.15) is 11.8 Å². The number of aromatic nitrogens is 2. The number of H-pyrrole nitrogens is 1. The van der Waals surface area contributed by atoms with Crippen molar-refractivity contribution < 1.29 is 4.74 Å². The van der Waals surface area contributed by atoms with Crippen LogP contribution in [0.25, 0.3) is 11.0 Å². The highest BCUT2D eigenvalue weighted by Gasteiger charge is 1.97. The van der Waals surface area contributed by atoms with Crippen molar-refractivity contribution in [3.05, 3.63) is 24.5 Å². The largest absolute Gasteiger partial charge is 0.479 e. The highest BCUT2D eigenvalue weighted by molar-refractivity contribution is 5.75. The van der Waals surface area contributed by atoms with E-state index in [1.54, 1.807) is 12.4 Å². The summed E-state index contributed by atoms with van der Waals surface area (Å²) < 4.78 is 5.12. The van der Waals surface area contributed by atoms with Crippen LogP contribution in [0.3, 0.4) is 0 Å². The van der Waals surface area contributed by atoms with E-state index < -0.39 is 0 Å². The van der Waals surface area contributed by atoms with Gasteiger partial charge in [-0.05, 0) is 12.1 Å². The number of ether oxygens (including phenoxy) is 1. The number of imidazole rings is 1. The van der Waals surface area contributed by atoms with Crippen molar-refractivity contribution in [3.63, 3.8) is 0 Å². The smallest absolute Gasteiger partial charge is 0.174 e. The van der Waals surface area contributed by atoms with Crippen LogP contribution in [-0.4, -0.2) is 16.6 Å². The maximum Gasteiger partial charge on any atom is 0.174 e. The fourth-order valence-electron chi connectivity index (χ4n) is 1.12. The minimum Gasteiger partial charge on any atom is -0.479 e. The van der Waals surface area contributed by atoms with E-state index >= 15 is 0 Å². The quantitative estimate of drug-likeness (QED) is 0.747. The average molecular weight is 173 g/mol. The fraction of sp³-hybridized carbons (Fsp3) is 0.111. The van der Waals surface area contributed by atoms with Gasteiger partial charge in [-0.15, -0.1) is 0 Å². The Bertz CT molecular complexity index is 455. The molecular formula is C9H7N3O. The van der Waals surface area contributed by atoms with E-state index in [0.717, 1.165) is 11.0 Å². The number of hydrogen-bond donors (Lipinski definition) is 1. The van der Waals surface area contributed by atoms with Gasteiger partial charge in [0.15, 0.2) is 6.61 Å². The van der Waals surface area contributed by atoms with Gasteiger partial charge in [0.25, 0.3) is 0 Å². The van der Waals surface area contributed by atoms with E-state index in [4.69, 9.17) is 10.00 Å². The van der Waals surface area contributed by atoms with Gasteiger partial charge in [0, 0.05) is 6.07 Å². The summed E-state index contributed by atoms with van der Waals surface area (Å²) >= 11 is 0. The lowest BCUT2D eigenvalue weighted by atomic mass is 10.3. The lowest BCUT2D eigenvalue weighted by Crippen LogP contribution is -1.92. The second-order valence-corrected chi connectivity index (χ2v) is 2.53. The Morgan fingerprint density at radius 2 is 2.46 bits per heavy atom. The molecule has 2 aromatic rings. The van der Waals surface area contributed by atoms with Crippen molar-refractivity contribution in [3.8, 4) is 11.8 Å². The molecule has 0 saturated heterocycles. The molecule has 13 heavy (non-hydrogen) atoms. The van der Waals surface area contributed by atoms with Gasteiger partial charge in [0.2, 0.25) is 0 Å². The number of hydrogen-bond acceptors (Lipinski definition) is 3. The van der Waals surface area contributed by atoms with Crippen molar-refractivity contribution >= 4 is 11.0 Å². The molecule has 0 radical (unpaired) electrons. The summed E-state index contributed by atoms with van der Waals surface area (Å²) in [5.74, 6) is 0.679. The van der Waals surface area contributed by atoms with Crippen LogP contribution in [0.1, 0.15) is 0 Å². The number of aromatic amines is 1. The zero-order chi connectivity index (χ0) is 9.10. The molecule has 0 amide bonds. The van der Waals surface area contributed by atoms with Gasteiger partial charge in [-0.25, -0.2) is 4.98 Å². The van der Waals surface area contributed by atoms with E-state index in [1.165, 1.54) is 0 Å². The first-order chi connectivity index (χ1) is 6.40. The Morgan fingerprint density at radius 1 is 1.54 bits per heavy atom. The molecule has 4 heteroatoms. The van der Waals surface area contributed by atoms with Crippen molar-refractivity contribution in [2.45, 2.75) is 0 Å². The number of benzene rings is 1. The lowest BCUT2D eigenvalue weighted by Gasteiger charge is -1.99. The first kappa shape index (κ1) is 7.62. The predicted molar refractivity (Wildman–Crippen MR) is 47.2 cm³/mol. The molecule has 0 spiro atoms. The zero-order valence-corrected chi connectivity index (χ0v) is 6.82. The van der Waals surface area contributed by atoms with E-state index in [2.05, 4.69) is 9.97 Å². The average Bonchev–Trinajstić information content (AvgIpc) is 2.61. The molecule has 0 aliphatic carbocycles. The van der Waals surface area contributed by atoms with E-state index in [1.807, 2.05) is 18.2 Å². The van der Waals surface area contributed by atoms with Gasteiger partial charge >= 0.3 is 0 Å². The number of fused-ring (bicyclic) bond motifs is 1. The van der Waals surface area contributed by atoms with Crippen molar-refractivity contribution in [2.24, 2.45) is 0 Å². The van der Waals surface area contributed by atoms with Gasteiger partial charge in [-0.1, -0.05) is 0 Å². The van der Waals surface area contributed by atoms with Gasteiger partial charge in [-0.2, -0.15) is 5.26 Å². The minimum atomic E-state index is 0.0691. The fourth-order valence-corrected chi connectivity index (χ4v) is 1.12. The third-order valence-electron chi connectivity index (χ3n) is 1.70. The van der Waals surface area contributed by atoms with Crippen LogP contribution in [-0.2, 0) is 0 Å². The van der Waals surface area contributed by atoms with Gasteiger partial charge < -0.3 is 9.72 Å². The highest BCUT2D eigenvalue weighted by Crippen LogP contribution is 2.17. The first-order valence-electron chi connectivity index (χ1n) is 3.83. The molecule has 0 fully saturated rings. The SMILES string of the molecule is N#CCOc1ccc2nc[nH]c2c1. The number of nitrogens with one attached hydrogen (secondary N) is 1. The van der Waals surface area contributed by atoms with Crippen LogP contribution in [0.2, 0.25) is 0 Å². The number of nitrogens with zero attached hydrogens (tertiary/aromatic N) is 2. The topological polar surface area (TPSA) is 61.7 Å². The zero-order valence-electron chi connectivity index (χ0n) is 6.82. The van der Waals surface area contributed by atoms with E-state index in [0.29, 0.717) is 5.75 Å². The summed E-state index contributed by atoms with van der Waals surface area (Å²) in [7, 11) is 0. The molecule has 0 aliphatic heterocycles. The van der Waals surface area contributed by atoms with Crippen molar-refractivity contribution in [1.82, 2.24) is 9.97 Å². The molecule has 0 bridgehead atoms. The normalized spacial score (nSPS) is 9.77. The van der Waals surface area contributed by atoms with Crippen LogP contribution >= 0.6 is 0 Å². The van der Waals surface area contributed by atoms with Crippen LogP contribution in [0.4, 0.5) is 0 Å². The van der Waals surface area contributed by atoms with Crippen molar-refractivity contribution in [1.29, 1.82) is 5.26 Å². The molecule has 1 aromatic carbocycles. The molecule has 2 rings (SSSR count). The molecule has 0 saturated carbocycles. The van der Waals surface area contributed by atoms with Crippen LogP contribution < -0.4 is 4.74 Å². The minimum absolute atomic E-state index is 0.0691. The van der Waals surface area contributed by atoms with Gasteiger partial charge in [-0.3, -0.25) is 0 Å². The summed E-state index contributed by atoms with van der Waals surface area (Å²) in [6.07, 6.45) is 1.62. The molecule has 0 aliphatic rings. The third-order valence-corrected chi connectivity index (χ3v) is 1.70. The summed E-state index contributed by atoms with van der Waals surface area (Å²) in [6.45, 7) is 0.0691. The van der Waals surface area contributed by atoms with E-state index in [9.17, 15) is 0 Å². The first-order valence-corrected chi connectivity index (χ1v) is 3.83. The maximum absolute atomic E-state index is 8.31. The van der Waals surface area contributed by atoms with Crippen molar-refractivity contribution in [2.75, 3.05) is 6.61 Å². The molecule has 1 aromatic heterocycles. The predicted octanol–water partition coefficient (Wildman–Crippen LogP) is 1.47. The Balaban J connectivity index is 2.33. The highest BCUT2D eigenvalue weighted by atomic mass is 16.5. The molecule has 0 unspecified atom stereocenters. The Kier molecular flexibility index (Phi) is 1.85. The Morgan fingerprint density at radius 3 is 3.31 bits per heavy atom. The summed E-state index contributed by atoms with van der Waals surface area (Å²) in [5.41, 5.74) is 1.81. The molecule has 64 valence electrons. The standard InChI is InChI=1S/C9H7N3O/c10-3-4-13-7-1-2-8-9(5-7)12-6-11-8/h1-2,5-6H,4H2,(H,11,12). The Labute approximate surface area is 74.8 Å². The monoisotopic (exact) mass is 173 g/mol. The van der Waals surface area contributed by atoms with Crippen LogP contribution in [0, 0.1) is 11.3 Å². The molecular weight excluding hydrogens is 166 g/mol. The number of rotatable bonds is 2. The maximum atomic E-state index is 8.31. The molecule has 0 atom stereocenters. The summed E-state index contributed by atoms with van der Waals surface area (Å²) in [6, 6.07) is 7.37. The Hall–Kier alpha value is -2.02. The molecule has 4 nitrogen and oxygen atoms in total. The molecule has 1 heterocycles. The second kappa shape index (κ2) is 3.15. The third kappa shape index (κ3) is 1.44.